The minimum Gasteiger partial charge on any atom is -0.486 e. The molecule has 1 aromatic carbocycles. The number of unbranched alkanes of at least 4 members (excludes halogenated alkanes) is 30. The van der Waals surface area contributed by atoms with Crippen molar-refractivity contribution in [3.05, 3.63) is 30.3 Å². The fourth-order valence-corrected chi connectivity index (χ4v) is 8.37. The van der Waals surface area contributed by atoms with E-state index in [9.17, 15) is 10.2 Å². The fourth-order valence-electron chi connectivity index (χ4n) is 7.32. The molecular formula is C54H106O6Si. The lowest BCUT2D eigenvalue weighted by atomic mass is 10.0. The van der Waals surface area contributed by atoms with Crippen molar-refractivity contribution >= 4 is 8.32 Å². The molecule has 1 rings (SSSR count). The molecule has 0 heterocycles. The smallest absolute Gasteiger partial charge is 0.192 e. The maximum atomic E-state index is 10.1. The Balaban J connectivity index is 0.00000118. The quantitative estimate of drug-likeness (QED) is 0.0502. The summed E-state index contributed by atoms with van der Waals surface area (Å²) in [5, 5.41) is 19.7. The molecule has 0 spiro atoms. The van der Waals surface area contributed by atoms with E-state index < -0.39 is 14.4 Å². The van der Waals surface area contributed by atoms with Crippen molar-refractivity contribution in [1.82, 2.24) is 0 Å². The van der Waals surface area contributed by atoms with Gasteiger partial charge in [-0.1, -0.05) is 245 Å². The number of benzene rings is 1. The van der Waals surface area contributed by atoms with Crippen LogP contribution in [-0.2, 0) is 13.9 Å². The summed E-state index contributed by atoms with van der Waals surface area (Å²) >= 11 is 0. The second kappa shape index (κ2) is 44.2. The molecule has 0 bridgehead atoms. The number of aliphatic hydroxyl groups is 2. The van der Waals surface area contributed by atoms with E-state index in [0.717, 1.165) is 31.8 Å². The molecule has 2 atom stereocenters. The molecule has 2 N–H and O–H groups in total. The van der Waals surface area contributed by atoms with Crippen molar-refractivity contribution in [2.24, 2.45) is 0 Å². The average Bonchev–Trinajstić information content (AvgIpc) is 3.24. The standard InChI is InChI=1S/C27H58O3Si.C27H48O3/c1-7-8-9-10-11-12-13-14-15-16-17-18-19-20-21-22-23-29-24-26(28)25-30-31(5,6)27(2,3)4;1-2-3-4-5-6-7-8-9-10-11-12-13-14-15-16-20-23-29-25-27(24-28)30-26-21-18-17-19-22-26/h26,28H,7-25H2,1-6H3;17-19,21-22,27-28H,2-16,20,23-25H2,1H3/t26-;27-/m11/s1. The zero-order chi connectivity index (χ0) is 45.0. The van der Waals surface area contributed by atoms with Crippen LogP contribution in [0.3, 0.4) is 0 Å². The van der Waals surface area contributed by atoms with E-state index in [1.54, 1.807) is 0 Å². The predicted molar refractivity (Wildman–Crippen MR) is 268 cm³/mol. The zero-order valence-corrected chi connectivity index (χ0v) is 42.9. The molecule has 0 saturated carbocycles. The zero-order valence-electron chi connectivity index (χ0n) is 41.9. The van der Waals surface area contributed by atoms with Crippen LogP contribution in [0.4, 0.5) is 0 Å². The lowest BCUT2D eigenvalue weighted by Crippen LogP contribution is -2.43. The van der Waals surface area contributed by atoms with Gasteiger partial charge in [-0.25, -0.2) is 0 Å². The Hall–Kier alpha value is -0.963. The van der Waals surface area contributed by atoms with Gasteiger partial charge in [0.1, 0.15) is 11.9 Å². The number of hydrogen-bond acceptors (Lipinski definition) is 6. The molecule has 0 aromatic heterocycles. The van der Waals surface area contributed by atoms with Gasteiger partial charge >= 0.3 is 0 Å². The van der Waals surface area contributed by atoms with Crippen molar-refractivity contribution < 1.29 is 28.8 Å². The maximum Gasteiger partial charge on any atom is 0.192 e. The Kier molecular flexibility index (Phi) is 43.6. The van der Waals surface area contributed by atoms with Crippen LogP contribution in [-0.4, -0.2) is 70.4 Å². The van der Waals surface area contributed by atoms with Crippen molar-refractivity contribution in [2.45, 2.75) is 270 Å². The van der Waals surface area contributed by atoms with Gasteiger partial charge in [-0.05, 0) is 43.1 Å². The summed E-state index contributed by atoms with van der Waals surface area (Å²) in [5.41, 5.74) is 0. The summed E-state index contributed by atoms with van der Waals surface area (Å²) in [5.74, 6) is 0.780. The summed E-state index contributed by atoms with van der Waals surface area (Å²) in [4.78, 5) is 0. The third-order valence-corrected chi connectivity index (χ3v) is 17.1. The predicted octanol–water partition coefficient (Wildman–Crippen LogP) is 16.4. The molecule has 0 unspecified atom stereocenters. The van der Waals surface area contributed by atoms with Crippen molar-refractivity contribution in [1.29, 1.82) is 0 Å². The molecule has 1 aromatic rings. The molecule has 362 valence electrons. The minimum atomic E-state index is -1.78. The Morgan fingerprint density at radius 1 is 0.475 bits per heavy atom. The molecule has 0 saturated heterocycles. The summed E-state index contributed by atoms with van der Waals surface area (Å²) in [6, 6.07) is 9.62. The van der Waals surface area contributed by atoms with Gasteiger partial charge in [-0.2, -0.15) is 0 Å². The number of ether oxygens (including phenoxy) is 3. The monoisotopic (exact) mass is 879 g/mol. The summed E-state index contributed by atoms with van der Waals surface area (Å²) in [6.45, 7) is 18.4. The van der Waals surface area contributed by atoms with Crippen LogP contribution >= 0.6 is 0 Å². The van der Waals surface area contributed by atoms with Gasteiger partial charge in [0, 0.05) is 13.2 Å². The molecule has 0 radical (unpaired) electrons. The third kappa shape index (κ3) is 41.5. The van der Waals surface area contributed by atoms with Crippen LogP contribution in [0, 0.1) is 0 Å². The molecule has 0 aliphatic heterocycles. The summed E-state index contributed by atoms with van der Waals surface area (Å²) in [7, 11) is -1.78. The summed E-state index contributed by atoms with van der Waals surface area (Å²) in [6.07, 6.45) is 43.4. The highest BCUT2D eigenvalue weighted by atomic mass is 28.4. The van der Waals surface area contributed by atoms with Crippen LogP contribution in [0.25, 0.3) is 0 Å². The topological polar surface area (TPSA) is 77.4 Å². The van der Waals surface area contributed by atoms with E-state index in [4.69, 9.17) is 18.6 Å². The average molecular weight is 880 g/mol. The first-order valence-corrected chi connectivity index (χ1v) is 29.3. The van der Waals surface area contributed by atoms with Crippen molar-refractivity contribution in [3.8, 4) is 5.75 Å². The third-order valence-electron chi connectivity index (χ3n) is 12.6. The highest BCUT2D eigenvalue weighted by molar-refractivity contribution is 6.74. The largest absolute Gasteiger partial charge is 0.486 e. The van der Waals surface area contributed by atoms with E-state index in [1.807, 2.05) is 30.3 Å². The van der Waals surface area contributed by atoms with Crippen LogP contribution in [0.5, 0.6) is 5.75 Å². The first-order chi connectivity index (χ1) is 29.6. The lowest BCUT2D eigenvalue weighted by Gasteiger charge is -2.36. The first-order valence-electron chi connectivity index (χ1n) is 26.4. The van der Waals surface area contributed by atoms with E-state index in [0.29, 0.717) is 19.8 Å². The second-order valence-corrected chi connectivity index (χ2v) is 24.5. The molecule has 0 amide bonds. The van der Waals surface area contributed by atoms with E-state index in [1.165, 1.54) is 193 Å². The lowest BCUT2D eigenvalue weighted by molar-refractivity contribution is 0.00808. The van der Waals surface area contributed by atoms with Gasteiger partial charge in [-0.3, -0.25) is 0 Å². The van der Waals surface area contributed by atoms with Crippen LogP contribution in [0.2, 0.25) is 18.1 Å². The van der Waals surface area contributed by atoms with E-state index in [-0.39, 0.29) is 17.7 Å². The van der Waals surface area contributed by atoms with E-state index in [2.05, 4.69) is 47.7 Å². The SMILES string of the molecule is CCCCCCCCCCCCCCCCCCOC[C@@H](CO)Oc1ccccc1.CCCCCCCCCCCCCCCCCCOC[C@@H](O)CO[Si](C)(C)C(C)(C)C. The molecule has 0 fully saturated rings. The Labute approximate surface area is 382 Å². The molecule has 6 nitrogen and oxygen atoms in total. The highest BCUT2D eigenvalue weighted by Crippen LogP contribution is 2.36. The molecule has 0 aliphatic carbocycles. The molecule has 61 heavy (non-hydrogen) atoms. The number of hydrogen-bond donors (Lipinski definition) is 2. The number of para-hydroxylation sites is 1. The Bertz CT molecular complexity index is 986. The minimum absolute atomic E-state index is 0.0200. The first kappa shape index (κ1) is 60.0. The van der Waals surface area contributed by atoms with Gasteiger partial charge in [0.15, 0.2) is 8.32 Å². The van der Waals surface area contributed by atoms with E-state index >= 15 is 0 Å². The normalized spacial score (nSPS) is 12.9. The van der Waals surface area contributed by atoms with Gasteiger partial charge in [-0.15, -0.1) is 0 Å². The highest BCUT2D eigenvalue weighted by Gasteiger charge is 2.37. The van der Waals surface area contributed by atoms with Gasteiger partial charge in [0.25, 0.3) is 0 Å². The summed E-state index contributed by atoms with van der Waals surface area (Å²) < 4.78 is 23.1. The second-order valence-electron chi connectivity index (χ2n) is 19.7. The molecular weight excluding hydrogens is 773 g/mol. The fraction of sp³-hybridized carbons (Fsp3) is 0.889. The van der Waals surface area contributed by atoms with Crippen LogP contribution < -0.4 is 4.74 Å². The van der Waals surface area contributed by atoms with Crippen LogP contribution in [0.15, 0.2) is 30.3 Å². The number of rotatable bonds is 44. The van der Waals surface area contributed by atoms with Crippen LogP contribution in [0.1, 0.15) is 240 Å². The van der Waals surface area contributed by atoms with Gasteiger partial charge < -0.3 is 28.8 Å². The Morgan fingerprint density at radius 2 is 0.803 bits per heavy atom. The molecule has 0 aliphatic rings. The number of aliphatic hydroxyl groups excluding tert-OH is 2. The van der Waals surface area contributed by atoms with Crippen molar-refractivity contribution in [2.75, 3.05) is 39.6 Å². The Morgan fingerprint density at radius 3 is 1.13 bits per heavy atom. The molecule has 7 heteroatoms. The van der Waals surface area contributed by atoms with Crippen molar-refractivity contribution in [3.63, 3.8) is 0 Å². The van der Waals surface area contributed by atoms with Gasteiger partial charge in [0.05, 0.1) is 32.5 Å². The maximum absolute atomic E-state index is 10.1. The van der Waals surface area contributed by atoms with Gasteiger partial charge in [0.2, 0.25) is 0 Å².